The first-order chi connectivity index (χ1) is 9.97. The van der Waals surface area contributed by atoms with Crippen molar-refractivity contribution in [3.05, 3.63) is 52.8 Å². The summed E-state index contributed by atoms with van der Waals surface area (Å²) in [6.45, 7) is 7.46. The van der Waals surface area contributed by atoms with Crippen molar-refractivity contribution in [2.75, 3.05) is 0 Å². The number of hydrogen-bond donors (Lipinski definition) is 2. The highest BCUT2D eigenvalue weighted by Gasteiger charge is 2.08. The molecule has 0 saturated heterocycles. The number of aryl methyl sites for hydroxylation is 2. The third-order valence-electron chi connectivity index (χ3n) is 4.32. The molecular formula is C18H26N2O. The molecule has 2 aromatic rings. The lowest BCUT2D eigenvalue weighted by molar-refractivity contribution is 0.474. The predicted octanol–water partition coefficient (Wildman–Crippen LogP) is 3.46. The maximum absolute atomic E-state index is 9.28. The summed E-state index contributed by atoms with van der Waals surface area (Å²) in [5.74, 6) is 0.333. The monoisotopic (exact) mass is 286 g/mol. The Bertz CT molecular complexity index is 584. The quantitative estimate of drug-likeness (QED) is 0.853. The second-order valence-corrected chi connectivity index (χ2v) is 5.94. The topological polar surface area (TPSA) is 37.2 Å². The van der Waals surface area contributed by atoms with Crippen molar-refractivity contribution in [2.24, 2.45) is 7.05 Å². The molecule has 0 aliphatic rings. The van der Waals surface area contributed by atoms with Gasteiger partial charge in [0, 0.05) is 31.0 Å². The third-order valence-corrected chi connectivity index (χ3v) is 4.32. The van der Waals surface area contributed by atoms with E-state index >= 15 is 0 Å². The molecule has 114 valence electrons. The van der Waals surface area contributed by atoms with Gasteiger partial charge >= 0.3 is 0 Å². The highest BCUT2D eigenvalue weighted by molar-refractivity contribution is 5.27. The average Bonchev–Trinajstić information content (AvgIpc) is 2.72. The smallest absolute Gasteiger partial charge is 0.115 e. The highest BCUT2D eigenvalue weighted by atomic mass is 16.3. The lowest BCUT2D eigenvalue weighted by Crippen LogP contribution is -2.26. The van der Waals surface area contributed by atoms with Crippen LogP contribution in [0.2, 0.25) is 0 Å². The maximum Gasteiger partial charge on any atom is 0.115 e. The van der Waals surface area contributed by atoms with Crippen molar-refractivity contribution in [1.82, 2.24) is 9.88 Å². The minimum Gasteiger partial charge on any atom is -0.508 e. The van der Waals surface area contributed by atoms with Crippen molar-refractivity contribution >= 4 is 0 Å². The molecule has 21 heavy (non-hydrogen) atoms. The summed E-state index contributed by atoms with van der Waals surface area (Å²) in [5.41, 5.74) is 5.30. The Morgan fingerprint density at radius 1 is 1.19 bits per heavy atom. The van der Waals surface area contributed by atoms with Gasteiger partial charge in [-0.3, -0.25) is 0 Å². The van der Waals surface area contributed by atoms with Crippen LogP contribution in [0.15, 0.2) is 30.3 Å². The van der Waals surface area contributed by atoms with Crippen LogP contribution in [0.4, 0.5) is 0 Å². The summed E-state index contributed by atoms with van der Waals surface area (Å²) >= 11 is 0. The fourth-order valence-electron chi connectivity index (χ4n) is 2.54. The molecule has 0 amide bonds. The van der Waals surface area contributed by atoms with E-state index in [1.54, 1.807) is 12.1 Å². The van der Waals surface area contributed by atoms with Crippen LogP contribution >= 0.6 is 0 Å². The molecule has 1 atom stereocenters. The number of aromatic hydroxyl groups is 1. The normalized spacial score (nSPS) is 12.6. The summed E-state index contributed by atoms with van der Waals surface area (Å²) in [6, 6.07) is 10.2. The second kappa shape index (κ2) is 6.81. The van der Waals surface area contributed by atoms with E-state index in [4.69, 9.17) is 0 Å². The first kappa shape index (κ1) is 15.6. The maximum atomic E-state index is 9.28. The van der Waals surface area contributed by atoms with E-state index in [2.05, 4.69) is 43.8 Å². The standard InChI is InChI=1S/C18H26N2O/c1-13(5-6-16-7-9-18(21)10-8-16)19-12-17-11-14(2)20(4)15(17)3/h7-11,13,19,21H,5-6,12H2,1-4H3. The van der Waals surface area contributed by atoms with Crippen molar-refractivity contribution in [3.8, 4) is 5.75 Å². The molecule has 0 fully saturated rings. The molecule has 1 unspecified atom stereocenters. The highest BCUT2D eigenvalue weighted by Crippen LogP contribution is 2.14. The van der Waals surface area contributed by atoms with Crippen LogP contribution < -0.4 is 5.32 Å². The molecule has 2 rings (SSSR count). The molecule has 2 N–H and O–H groups in total. The summed E-state index contributed by atoms with van der Waals surface area (Å²) in [5, 5.41) is 12.9. The van der Waals surface area contributed by atoms with Gasteiger partial charge in [0.2, 0.25) is 0 Å². The number of nitrogens with zero attached hydrogens (tertiary/aromatic N) is 1. The number of nitrogens with one attached hydrogen (secondary N) is 1. The Kier molecular flexibility index (Phi) is 5.07. The predicted molar refractivity (Wildman–Crippen MR) is 87.6 cm³/mol. The number of rotatable bonds is 6. The zero-order valence-corrected chi connectivity index (χ0v) is 13.5. The first-order valence-corrected chi connectivity index (χ1v) is 7.60. The Balaban J connectivity index is 1.80. The van der Waals surface area contributed by atoms with Gasteiger partial charge in [-0.05, 0) is 62.9 Å². The molecule has 0 aliphatic heterocycles. The number of hydrogen-bond acceptors (Lipinski definition) is 2. The molecule has 0 spiro atoms. The number of phenolic OH excluding ortho intramolecular Hbond substituents is 1. The molecule has 3 heteroatoms. The molecule has 0 bridgehead atoms. The fraction of sp³-hybridized carbons (Fsp3) is 0.444. The number of aromatic nitrogens is 1. The van der Waals surface area contributed by atoms with Gasteiger partial charge in [0.25, 0.3) is 0 Å². The van der Waals surface area contributed by atoms with Crippen LogP contribution in [0.25, 0.3) is 0 Å². The van der Waals surface area contributed by atoms with Gasteiger partial charge < -0.3 is 15.0 Å². The van der Waals surface area contributed by atoms with Crippen LogP contribution in [-0.4, -0.2) is 15.7 Å². The van der Waals surface area contributed by atoms with Crippen LogP contribution in [0.1, 0.15) is 35.9 Å². The van der Waals surface area contributed by atoms with E-state index in [1.165, 1.54) is 22.5 Å². The van der Waals surface area contributed by atoms with Gasteiger partial charge in [-0.2, -0.15) is 0 Å². The molecule has 0 saturated carbocycles. The van der Waals surface area contributed by atoms with E-state index in [0.717, 1.165) is 19.4 Å². The van der Waals surface area contributed by atoms with E-state index in [9.17, 15) is 5.11 Å². The summed E-state index contributed by atoms with van der Waals surface area (Å²) < 4.78 is 2.23. The van der Waals surface area contributed by atoms with Gasteiger partial charge in [-0.15, -0.1) is 0 Å². The zero-order valence-electron chi connectivity index (χ0n) is 13.5. The van der Waals surface area contributed by atoms with Crippen molar-refractivity contribution in [1.29, 1.82) is 0 Å². The largest absolute Gasteiger partial charge is 0.508 e. The van der Waals surface area contributed by atoms with E-state index in [1.807, 2.05) is 12.1 Å². The minimum atomic E-state index is 0.333. The summed E-state index contributed by atoms with van der Waals surface area (Å²) in [4.78, 5) is 0. The van der Waals surface area contributed by atoms with Crippen LogP contribution in [0.5, 0.6) is 5.75 Å². The number of phenols is 1. The van der Waals surface area contributed by atoms with Crippen LogP contribution in [0, 0.1) is 13.8 Å². The SMILES string of the molecule is Cc1cc(CNC(C)CCc2ccc(O)cc2)c(C)n1C. The second-order valence-electron chi connectivity index (χ2n) is 5.94. The van der Waals surface area contributed by atoms with Crippen molar-refractivity contribution in [3.63, 3.8) is 0 Å². The lowest BCUT2D eigenvalue weighted by atomic mass is 10.1. The molecule has 0 aliphatic carbocycles. The van der Waals surface area contributed by atoms with Gasteiger partial charge in [0.15, 0.2) is 0 Å². The average molecular weight is 286 g/mol. The Hall–Kier alpha value is -1.74. The van der Waals surface area contributed by atoms with Gasteiger partial charge in [-0.1, -0.05) is 12.1 Å². The molecule has 0 radical (unpaired) electrons. The summed E-state index contributed by atoms with van der Waals surface area (Å²) in [7, 11) is 2.11. The van der Waals surface area contributed by atoms with Crippen molar-refractivity contribution in [2.45, 2.75) is 46.2 Å². The Morgan fingerprint density at radius 3 is 2.43 bits per heavy atom. The van der Waals surface area contributed by atoms with E-state index < -0.39 is 0 Å². The first-order valence-electron chi connectivity index (χ1n) is 7.60. The van der Waals surface area contributed by atoms with E-state index in [0.29, 0.717) is 11.8 Å². The molecule has 1 aromatic carbocycles. The summed E-state index contributed by atoms with van der Waals surface area (Å²) in [6.07, 6.45) is 2.12. The number of benzene rings is 1. The molecule has 3 nitrogen and oxygen atoms in total. The lowest BCUT2D eigenvalue weighted by Gasteiger charge is -2.14. The molecule has 1 heterocycles. The van der Waals surface area contributed by atoms with Crippen molar-refractivity contribution < 1.29 is 5.11 Å². The van der Waals surface area contributed by atoms with Gasteiger partial charge in [0.1, 0.15) is 5.75 Å². The third kappa shape index (κ3) is 4.11. The molecular weight excluding hydrogens is 260 g/mol. The van der Waals surface area contributed by atoms with Crippen LogP contribution in [-0.2, 0) is 20.0 Å². The Morgan fingerprint density at radius 2 is 1.86 bits per heavy atom. The minimum absolute atomic E-state index is 0.333. The zero-order chi connectivity index (χ0) is 15.4. The van der Waals surface area contributed by atoms with Crippen LogP contribution in [0.3, 0.4) is 0 Å². The van der Waals surface area contributed by atoms with Gasteiger partial charge in [0.05, 0.1) is 0 Å². The fourth-order valence-corrected chi connectivity index (χ4v) is 2.54. The van der Waals surface area contributed by atoms with E-state index in [-0.39, 0.29) is 0 Å². The molecule has 1 aromatic heterocycles. The Labute approximate surface area is 127 Å². The van der Waals surface area contributed by atoms with Gasteiger partial charge in [-0.25, -0.2) is 0 Å².